The Kier molecular flexibility index (Phi) is 6.18. The Labute approximate surface area is 165 Å². The van der Waals surface area contributed by atoms with Gasteiger partial charge < -0.3 is 10.1 Å². The van der Waals surface area contributed by atoms with Gasteiger partial charge in [0.1, 0.15) is 16.8 Å². The quantitative estimate of drug-likeness (QED) is 0.710. The van der Waals surface area contributed by atoms with Crippen LogP contribution in [0.1, 0.15) is 66.2 Å². The van der Waals surface area contributed by atoms with Gasteiger partial charge in [0.2, 0.25) is 0 Å². The van der Waals surface area contributed by atoms with E-state index in [0.29, 0.717) is 16.5 Å². The molecular weight excluding hydrogens is 356 g/mol. The van der Waals surface area contributed by atoms with Crippen LogP contribution in [0.3, 0.4) is 0 Å². The normalized spacial score (nSPS) is 13.6. The van der Waals surface area contributed by atoms with Crippen LogP contribution in [0.15, 0.2) is 18.2 Å². The number of anilines is 1. The minimum atomic E-state index is -0.223. The predicted octanol–water partition coefficient (Wildman–Crippen LogP) is 5.34. The Morgan fingerprint density at radius 2 is 2.07 bits per heavy atom. The van der Waals surface area contributed by atoms with Crippen LogP contribution < -0.4 is 10.1 Å². The molecule has 4 nitrogen and oxygen atoms in total. The maximum Gasteiger partial charge on any atom is 0.262 e. The molecule has 0 saturated carbocycles. The highest BCUT2D eigenvalue weighted by atomic mass is 32.1. The Hall–Kier alpha value is -2.32. The number of carbonyl (C=O) groups is 1. The van der Waals surface area contributed by atoms with Crippen molar-refractivity contribution in [3.8, 4) is 11.8 Å². The SMILES string of the molecule is Cc1ccc(C(C)C)c(OCC(=O)Nc2sc3c(c2C#N)CCCCC3)c1. The Morgan fingerprint density at radius 1 is 1.30 bits per heavy atom. The van der Waals surface area contributed by atoms with Gasteiger partial charge in [0, 0.05) is 4.88 Å². The molecular formula is C22H26N2O2S. The number of carbonyl (C=O) groups excluding carboxylic acids is 1. The lowest BCUT2D eigenvalue weighted by Gasteiger charge is -2.14. The third-order valence-corrected chi connectivity index (χ3v) is 6.14. The van der Waals surface area contributed by atoms with E-state index in [1.807, 2.05) is 13.0 Å². The second kappa shape index (κ2) is 8.58. The molecule has 3 rings (SSSR count). The van der Waals surface area contributed by atoms with Crippen molar-refractivity contribution in [3.63, 3.8) is 0 Å². The second-order valence-electron chi connectivity index (χ2n) is 7.41. The van der Waals surface area contributed by atoms with E-state index in [2.05, 4.69) is 37.4 Å². The lowest BCUT2D eigenvalue weighted by atomic mass is 10.0. The first-order valence-corrected chi connectivity index (χ1v) is 10.4. The van der Waals surface area contributed by atoms with Gasteiger partial charge in [-0.25, -0.2) is 0 Å². The van der Waals surface area contributed by atoms with Gasteiger partial charge in [-0.3, -0.25) is 4.79 Å². The zero-order valence-corrected chi connectivity index (χ0v) is 17.0. The summed E-state index contributed by atoms with van der Waals surface area (Å²) < 4.78 is 5.82. The zero-order chi connectivity index (χ0) is 19.4. The summed E-state index contributed by atoms with van der Waals surface area (Å²) in [6, 6.07) is 8.37. The summed E-state index contributed by atoms with van der Waals surface area (Å²) >= 11 is 1.55. The first-order chi connectivity index (χ1) is 13.0. The summed E-state index contributed by atoms with van der Waals surface area (Å²) in [5.41, 5.74) is 3.97. The van der Waals surface area contributed by atoms with Crippen LogP contribution in [-0.4, -0.2) is 12.5 Å². The largest absolute Gasteiger partial charge is 0.483 e. The molecule has 0 radical (unpaired) electrons. The lowest BCUT2D eigenvalue weighted by molar-refractivity contribution is -0.118. The van der Waals surface area contributed by atoms with Gasteiger partial charge in [0.05, 0.1) is 5.56 Å². The van der Waals surface area contributed by atoms with E-state index >= 15 is 0 Å². The van der Waals surface area contributed by atoms with Gasteiger partial charge >= 0.3 is 0 Å². The maximum atomic E-state index is 12.5. The number of aryl methyl sites for hydroxylation is 2. The highest BCUT2D eigenvalue weighted by molar-refractivity contribution is 7.16. The number of nitriles is 1. The fourth-order valence-corrected chi connectivity index (χ4v) is 4.75. The standard InChI is InChI=1S/C22H26N2O2S/c1-14(2)16-10-9-15(3)11-19(16)26-13-21(25)24-22-18(12-23)17-7-5-4-6-8-20(17)27-22/h9-11,14H,4-8,13H2,1-3H3,(H,24,25). The van der Waals surface area contributed by atoms with Crippen molar-refractivity contribution in [2.24, 2.45) is 0 Å². The Morgan fingerprint density at radius 3 is 2.81 bits per heavy atom. The van der Waals surface area contributed by atoms with Gasteiger partial charge in [-0.1, -0.05) is 32.4 Å². The third kappa shape index (κ3) is 4.51. The maximum absolute atomic E-state index is 12.5. The Bertz CT molecular complexity index is 877. The van der Waals surface area contributed by atoms with E-state index in [1.165, 1.54) is 11.3 Å². The average Bonchev–Trinajstić information content (AvgIpc) is 2.79. The van der Waals surface area contributed by atoms with Crippen LogP contribution >= 0.6 is 11.3 Å². The molecule has 0 unspecified atom stereocenters. The van der Waals surface area contributed by atoms with Crippen LogP contribution in [0.25, 0.3) is 0 Å². The lowest BCUT2D eigenvalue weighted by Crippen LogP contribution is -2.20. The molecule has 0 fully saturated rings. The molecule has 0 bridgehead atoms. The summed E-state index contributed by atoms with van der Waals surface area (Å²) in [7, 11) is 0. The summed E-state index contributed by atoms with van der Waals surface area (Å²) in [6.07, 6.45) is 5.40. The van der Waals surface area contributed by atoms with Gasteiger partial charge in [-0.15, -0.1) is 11.3 Å². The molecule has 5 heteroatoms. The van der Waals surface area contributed by atoms with Crippen LogP contribution in [-0.2, 0) is 17.6 Å². The number of benzene rings is 1. The van der Waals surface area contributed by atoms with Crippen molar-refractivity contribution < 1.29 is 9.53 Å². The van der Waals surface area contributed by atoms with Crippen molar-refractivity contribution in [2.45, 2.75) is 58.8 Å². The molecule has 1 N–H and O–H groups in total. The van der Waals surface area contributed by atoms with Gasteiger partial charge in [-0.05, 0) is 61.3 Å². The molecule has 1 amide bonds. The smallest absolute Gasteiger partial charge is 0.262 e. The Balaban J connectivity index is 1.71. The summed E-state index contributed by atoms with van der Waals surface area (Å²) in [6.45, 7) is 6.16. The van der Waals surface area contributed by atoms with Crippen LogP contribution in [0.2, 0.25) is 0 Å². The van der Waals surface area contributed by atoms with Gasteiger partial charge in [0.15, 0.2) is 6.61 Å². The number of fused-ring (bicyclic) bond motifs is 1. The first kappa shape index (κ1) is 19.4. The second-order valence-corrected chi connectivity index (χ2v) is 8.52. The zero-order valence-electron chi connectivity index (χ0n) is 16.2. The molecule has 1 aliphatic rings. The molecule has 2 aromatic rings. The number of nitrogens with zero attached hydrogens (tertiary/aromatic N) is 1. The third-order valence-electron chi connectivity index (χ3n) is 4.94. The van der Waals surface area contributed by atoms with Gasteiger partial charge in [0.25, 0.3) is 5.91 Å². The summed E-state index contributed by atoms with van der Waals surface area (Å²) in [5, 5.41) is 13.2. The summed E-state index contributed by atoms with van der Waals surface area (Å²) in [4.78, 5) is 13.7. The number of ether oxygens (including phenoxy) is 1. The highest BCUT2D eigenvalue weighted by Gasteiger charge is 2.21. The molecule has 0 spiro atoms. The summed E-state index contributed by atoms with van der Waals surface area (Å²) in [5.74, 6) is 0.851. The molecule has 0 atom stereocenters. The van der Waals surface area contributed by atoms with E-state index in [9.17, 15) is 10.1 Å². The van der Waals surface area contributed by atoms with Crippen molar-refractivity contribution in [1.29, 1.82) is 5.26 Å². The number of hydrogen-bond acceptors (Lipinski definition) is 4. The van der Waals surface area contributed by atoms with E-state index in [4.69, 9.17) is 4.74 Å². The molecule has 1 heterocycles. The van der Waals surface area contributed by atoms with E-state index in [0.717, 1.165) is 48.1 Å². The molecule has 142 valence electrons. The molecule has 27 heavy (non-hydrogen) atoms. The van der Waals surface area contributed by atoms with Crippen LogP contribution in [0, 0.1) is 18.3 Å². The topological polar surface area (TPSA) is 62.1 Å². The average molecular weight is 383 g/mol. The first-order valence-electron chi connectivity index (χ1n) is 9.57. The molecule has 0 saturated heterocycles. The van der Waals surface area contributed by atoms with E-state index < -0.39 is 0 Å². The number of nitrogens with one attached hydrogen (secondary N) is 1. The fraction of sp³-hybridized carbons (Fsp3) is 0.455. The minimum absolute atomic E-state index is 0.0589. The number of amides is 1. The van der Waals surface area contributed by atoms with Gasteiger partial charge in [-0.2, -0.15) is 5.26 Å². The van der Waals surface area contributed by atoms with Crippen LogP contribution in [0.4, 0.5) is 5.00 Å². The molecule has 0 aliphatic heterocycles. The predicted molar refractivity (Wildman–Crippen MR) is 110 cm³/mol. The monoisotopic (exact) mass is 382 g/mol. The fourth-order valence-electron chi connectivity index (χ4n) is 3.50. The van der Waals surface area contributed by atoms with Crippen molar-refractivity contribution in [1.82, 2.24) is 0 Å². The molecule has 1 aliphatic carbocycles. The van der Waals surface area contributed by atoms with Crippen molar-refractivity contribution >= 4 is 22.2 Å². The van der Waals surface area contributed by atoms with Crippen LogP contribution in [0.5, 0.6) is 5.75 Å². The number of hydrogen-bond donors (Lipinski definition) is 1. The number of thiophene rings is 1. The van der Waals surface area contributed by atoms with Crippen molar-refractivity contribution in [3.05, 3.63) is 45.3 Å². The van der Waals surface area contributed by atoms with Crippen molar-refractivity contribution in [2.75, 3.05) is 11.9 Å². The minimum Gasteiger partial charge on any atom is -0.483 e. The highest BCUT2D eigenvalue weighted by Crippen LogP contribution is 2.37. The molecule has 1 aromatic carbocycles. The van der Waals surface area contributed by atoms with E-state index in [1.54, 1.807) is 11.3 Å². The van der Waals surface area contributed by atoms with E-state index in [-0.39, 0.29) is 12.5 Å². The molecule has 1 aromatic heterocycles. The number of rotatable bonds is 5.